The Labute approximate surface area is 131 Å². The van der Waals surface area contributed by atoms with Gasteiger partial charge in [-0.15, -0.1) is 0 Å². The summed E-state index contributed by atoms with van der Waals surface area (Å²) in [5.74, 6) is 0.872. The van der Waals surface area contributed by atoms with E-state index in [1.165, 1.54) is 11.1 Å². The first-order chi connectivity index (χ1) is 10.7. The number of nitrogens with zero attached hydrogens (tertiary/aromatic N) is 3. The van der Waals surface area contributed by atoms with E-state index in [-0.39, 0.29) is 12.1 Å². The fourth-order valence-electron chi connectivity index (χ4n) is 3.15. The molecule has 1 aromatic carbocycles. The van der Waals surface area contributed by atoms with E-state index < -0.39 is 0 Å². The highest BCUT2D eigenvalue weighted by atomic mass is 16.5. The summed E-state index contributed by atoms with van der Waals surface area (Å²) in [7, 11) is 3.60. The summed E-state index contributed by atoms with van der Waals surface area (Å²) in [5, 5.41) is 14.5. The van der Waals surface area contributed by atoms with Gasteiger partial charge in [-0.25, -0.2) is 0 Å². The van der Waals surface area contributed by atoms with Crippen LogP contribution in [0.25, 0.3) is 0 Å². The van der Waals surface area contributed by atoms with Crippen LogP contribution in [-0.2, 0) is 20.0 Å². The van der Waals surface area contributed by atoms with E-state index in [0.29, 0.717) is 0 Å². The molecule has 0 saturated carbocycles. The van der Waals surface area contributed by atoms with Crippen LogP contribution in [0.1, 0.15) is 17.5 Å². The van der Waals surface area contributed by atoms with Gasteiger partial charge in [0.25, 0.3) is 0 Å². The highest BCUT2D eigenvalue weighted by Crippen LogP contribution is 2.24. The molecule has 5 heteroatoms. The number of aryl methyl sites for hydroxylation is 1. The Bertz CT molecular complexity index is 609. The van der Waals surface area contributed by atoms with E-state index in [1.807, 2.05) is 36.3 Å². The van der Waals surface area contributed by atoms with E-state index in [0.717, 1.165) is 31.7 Å². The van der Waals surface area contributed by atoms with Gasteiger partial charge in [-0.2, -0.15) is 5.10 Å². The summed E-state index contributed by atoms with van der Waals surface area (Å²) >= 11 is 0. The molecule has 1 aromatic heterocycles. The first kappa shape index (κ1) is 15.1. The molecule has 0 amide bonds. The van der Waals surface area contributed by atoms with Crippen molar-refractivity contribution in [3.63, 3.8) is 0 Å². The molecule has 1 aliphatic heterocycles. The molecule has 2 heterocycles. The summed E-state index contributed by atoms with van der Waals surface area (Å²) in [6.45, 7) is 1.78. The highest BCUT2D eigenvalue weighted by Gasteiger charge is 2.32. The van der Waals surface area contributed by atoms with Gasteiger partial charge in [0, 0.05) is 32.4 Å². The topological polar surface area (TPSA) is 50.5 Å². The van der Waals surface area contributed by atoms with Gasteiger partial charge in [-0.05, 0) is 36.1 Å². The number of aliphatic hydroxyl groups is 1. The number of likely N-dealkylation sites (tertiary alicyclic amines) is 1. The standard InChI is InChI=1S/C17H23N3O2/c1-19-11-14(10-18-19)9-16-17(21)7-8-20(16)12-13-3-5-15(22-2)6-4-13/h3-6,10-11,16-17,21H,7-9,12H2,1-2H3/t16-,17-/m0/s1. The summed E-state index contributed by atoms with van der Waals surface area (Å²) in [6, 6.07) is 8.30. The summed E-state index contributed by atoms with van der Waals surface area (Å²) in [4.78, 5) is 2.36. The van der Waals surface area contributed by atoms with Crippen molar-refractivity contribution in [3.8, 4) is 5.75 Å². The summed E-state index contributed by atoms with van der Waals surface area (Å²) < 4.78 is 7.01. The average molecular weight is 301 g/mol. The molecule has 2 aromatic rings. The number of rotatable bonds is 5. The van der Waals surface area contributed by atoms with Crippen LogP contribution in [0, 0.1) is 0 Å². The largest absolute Gasteiger partial charge is 0.497 e. The normalized spacial score (nSPS) is 22.1. The fraction of sp³-hybridized carbons (Fsp3) is 0.471. The summed E-state index contributed by atoms with van der Waals surface area (Å²) in [6.07, 6.45) is 5.32. The zero-order valence-corrected chi connectivity index (χ0v) is 13.1. The van der Waals surface area contributed by atoms with Crippen molar-refractivity contribution in [2.45, 2.75) is 31.5 Å². The van der Waals surface area contributed by atoms with Crippen molar-refractivity contribution in [3.05, 3.63) is 47.8 Å². The van der Waals surface area contributed by atoms with Crippen LogP contribution in [0.2, 0.25) is 0 Å². The second-order valence-corrected chi connectivity index (χ2v) is 5.97. The average Bonchev–Trinajstić information content (AvgIpc) is 3.08. The second kappa shape index (κ2) is 6.50. The molecule has 0 aliphatic carbocycles. The first-order valence-corrected chi connectivity index (χ1v) is 7.68. The van der Waals surface area contributed by atoms with Gasteiger partial charge in [0.05, 0.1) is 19.4 Å². The van der Waals surface area contributed by atoms with Crippen molar-refractivity contribution in [2.75, 3.05) is 13.7 Å². The molecule has 5 nitrogen and oxygen atoms in total. The molecule has 0 radical (unpaired) electrons. The quantitative estimate of drug-likeness (QED) is 0.911. The van der Waals surface area contributed by atoms with Gasteiger partial charge in [0.15, 0.2) is 0 Å². The minimum Gasteiger partial charge on any atom is -0.497 e. The SMILES string of the molecule is COc1ccc(CN2CC[C@H](O)[C@@H]2Cc2cnn(C)c2)cc1. The van der Waals surface area contributed by atoms with E-state index in [1.54, 1.807) is 7.11 Å². The lowest BCUT2D eigenvalue weighted by molar-refractivity contribution is 0.112. The lowest BCUT2D eigenvalue weighted by atomic mass is 10.0. The minimum atomic E-state index is -0.265. The molecule has 3 rings (SSSR count). The van der Waals surface area contributed by atoms with Crippen molar-refractivity contribution in [1.29, 1.82) is 0 Å². The lowest BCUT2D eigenvalue weighted by Crippen LogP contribution is -2.36. The molecule has 1 aliphatic rings. The van der Waals surface area contributed by atoms with Crippen molar-refractivity contribution in [1.82, 2.24) is 14.7 Å². The Morgan fingerprint density at radius 3 is 2.68 bits per heavy atom. The monoisotopic (exact) mass is 301 g/mol. The zero-order chi connectivity index (χ0) is 15.5. The number of benzene rings is 1. The summed E-state index contributed by atoms with van der Waals surface area (Å²) in [5.41, 5.74) is 2.42. The van der Waals surface area contributed by atoms with E-state index in [9.17, 15) is 5.11 Å². The van der Waals surface area contributed by atoms with Crippen LogP contribution in [0.5, 0.6) is 5.75 Å². The number of hydrogen-bond donors (Lipinski definition) is 1. The van der Waals surface area contributed by atoms with E-state index in [2.05, 4.69) is 22.1 Å². The van der Waals surface area contributed by atoms with Crippen LogP contribution in [0.4, 0.5) is 0 Å². The predicted molar refractivity (Wildman–Crippen MR) is 84.7 cm³/mol. The van der Waals surface area contributed by atoms with Crippen molar-refractivity contribution >= 4 is 0 Å². The maximum Gasteiger partial charge on any atom is 0.118 e. The van der Waals surface area contributed by atoms with E-state index in [4.69, 9.17) is 4.74 Å². The smallest absolute Gasteiger partial charge is 0.118 e. The van der Waals surface area contributed by atoms with Crippen LogP contribution in [-0.4, -0.2) is 45.6 Å². The van der Waals surface area contributed by atoms with Crippen LogP contribution in [0.15, 0.2) is 36.7 Å². The first-order valence-electron chi connectivity index (χ1n) is 7.68. The number of hydrogen-bond acceptors (Lipinski definition) is 4. The zero-order valence-electron chi connectivity index (χ0n) is 13.1. The molecule has 1 fully saturated rings. The maximum absolute atomic E-state index is 10.3. The molecule has 1 N–H and O–H groups in total. The van der Waals surface area contributed by atoms with Crippen molar-refractivity contribution < 1.29 is 9.84 Å². The predicted octanol–water partition coefficient (Wildman–Crippen LogP) is 1.61. The van der Waals surface area contributed by atoms with Crippen molar-refractivity contribution in [2.24, 2.45) is 7.05 Å². The Morgan fingerprint density at radius 1 is 1.27 bits per heavy atom. The third kappa shape index (κ3) is 3.31. The Kier molecular flexibility index (Phi) is 4.45. The van der Waals surface area contributed by atoms with Gasteiger partial charge < -0.3 is 9.84 Å². The second-order valence-electron chi connectivity index (χ2n) is 5.97. The van der Waals surface area contributed by atoms with Crippen LogP contribution in [0.3, 0.4) is 0 Å². The van der Waals surface area contributed by atoms with Gasteiger partial charge in [0.1, 0.15) is 5.75 Å². The Morgan fingerprint density at radius 2 is 2.05 bits per heavy atom. The number of ether oxygens (including phenoxy) is 1. The molecule has 118 valence electrons. The molecule has 0 unspecified atom stereocenters. The third-order valence-electron chi connectivity index (χ3n) is 4.37. The molecule has 0 bridgehead atoms. The van der Waals surface area contributed by atoms with Gasteiger partial charge in [0.2, 0.25) is 0 Å². The Balaban J connectivity index is 1.68. The highest BCUT2D eigenvalue weighted by molar-refractivity contribution is 5.27. The molecule has 0 spiro atoms. The fourth-order valence-corrected chi connectivity index (χ4v) is 3.15. The molecule has 1 saturated heterocycles. The van der Waals surface area contributed by atoms with Crippen LogP contribution >= 0.6 is 0 Å². The third-order valence-corrected chi connectivity index (χ3v) is 4.37. The number of aliphatic hydroxyl groups excluding tert-OH is 1. The lowest BCUT2D eigenvalue weighted by Gasteiger charge is -2.26. The van der Waals surface area contributed by atoms with Gasteiger partial charge in [-0.1, -0.05) is 12.1 Å². The van der Waals surface area contributed by atoms with E-state index >= 15 is 0 Å². The number of aromatic nitrogens is 2. The van der Waals surface area contributed by atoms with Gasteiger partial charge >= 0.3 is 0 Å². The van der Waals surface area contributed by atoms with Crippen LogP contribution < -0.4 is 4.74 Å². The van der Waals surface area contributed by atoms with Gasteiger partial charge in [-0.3, -0.25) is 9.58 Å². The molecule has 22 heavy (non-hydrogen) atoms. The number of methoxy groups -OCH3 is 1. The Hall–Kier alpha value is -1.85. The molecule has 2 atom stereocenters. The molecular weight excluding hydrogens is 278 g/mol. The minimum absolute atomic E-state index is 0.159. The maximum atomic E-state index is 10.3. The molecular formula is C17H23N3O2.